The number of aromatic nitrogens is 2. The van der Waals surface area contributed by atoms with E-state index in [0.29, 0.717) is 12.4 Å². The molecule has 0 radical (unpaired) electrons. The van der Waals surface area contributed by atoms with Crippen molar-refractivity contribution in [1.82, 2.24) is 15.3 Å². The van der Waals surface area contributed by atoms with E-state index in [1.54, 1.807) is 37.8 Å². The summed E-state index contributed by atoms with van der Waals surface area (Å²) in [4.78, 5) is 19.7. The SMILES string of the molecule is COc1ncccc1CNC(=O)C=Cc1cccnc1. The minimum Gasteiger partial charge on any atom is -0.481 e. The second-order valence-corrected chi connectivity index (χ2v) is 4.01. The van der Waals surface area contributed by atoms with E-state index >= 15 is 0 Å². The van der Waals surface area contributed by atoms with Gasteiger partial charge >= 0.3 is 0 Å². The molecule has 0 bridgehead atoms. The third kappa shape index (κ3) is 3.91. The lowest BCUT2D eigenvalue weighted by Crippen LogP contribution is -2.20. The first-order valence-corrected chi connectivity index (χ1v) is 6.13. The molecule has 2 heterocycles. The Labute approximate surface area is 117 Å². The van der Waals surface area contributed by atoms with Gasteiger partial charge in [-0.05, 0) is 23.8 Å². The molecule has 5 heteroatoms. The molecule has 20 heavy (non-hydrogen) atoms. The zero-order chi connectivity index (χ0) is 14.2. The van der Waals surface area contributed by atoms with Crippen LogP contribution < -0.4 is 10.1 Å². The fourth-order valence-electron chi connectivity index (χ4n) is 1.63. The van der Waals surface area contributed by atoms with E-state index in [0.717, 1.165) is 11.1 Å². The van der Waals surface area contributed by atoms with Gasteiger partial charge in [-0.1, -0.05) is 12.1 Å². The van der Waals surface area contributed by atoms with Crippen molar-refractivity contribution in [3.8, 4) is 5.88 Å². The number of pyridine rings is 2. The molecule has 0 fully saturated rings. The Morgan fingerprint density at radius 2 is 2.20 bits per heavy atom. The number of nitrogens with one attached hydrogen (secondary N) is 1. The molecule has 2 aromatic heterocycles. The van der Waals surface area contributed by atoms with Crippen molar-refractivity contribution in [3.05, 3.63) is 60.1 Å². The number of hydrogen-bond acceptors (Lipinski definition) is 4. The molecule has 0 unspecified atom stereocenters. The molecule has 0 saturated carbocycles. The van der Waals surface area contributed by atoms with Crippen molar-refractivity contribution in [1.29, 1.82) is 0 Å². The summed E-state index contributed by atoms with van der Waals surface area (Å²) in [6.07, 6.45) is 8.20. The third-order valence-corrected chi connectivity index (χ3v) is 2.61. The summed E-state index contributed by atoms with van der Waals surface area (Å²) in [5.41, 5.74) is 1.71. The Balaban J connectivity index is 1.91. The average molecular weight is 269 g/mol. The minimum atomic E-state index is -0.181. The highest BCUT2D eigenvalue weighted by Gasteiger charge is 2.03. The molecule has 2 aromatic rings. The predicted octanol–water partition coefficient (Wildman–Crippen LogP) is 1.81. The molecule has 0 spiro atoms. The van der Waals surface area contributed by atoms with Gasteiger partial charge in [-0.25, -0.2) is 4.98 Å². The van der Waals surface area contributed by atoms with Gasteiger partial charge in [0.2, 0.25) is 11.8 Å². The third-order valence-electron chi connectivity index (χ3n) is 2.61. The minimum absolute atomic E-state index is 0.181. The second-order valence-electron chi connectivity index (χ2n) is 4.01. The summed E-state index contributed by atoms with van der Waals surface area (Å²) in [6.45, 7) is 0.368. The Kier molecular flexibility index (Phi) is 4.83. The smallest absolute Gasteiger partial charge is 0.244 e. The first kappa shape index (κ1) is 13.7. The van der Waals surface area contributed by atoms with Crippen LogP contribution in [0.2, 0.25) is 0 Å². The van der Waals surface area contributed by atoms with E-state index in [4.69, 9.17) is 4.74 Å². The molecule has 1 N–H and O–H groups in total. The predicted molar refractivity (Wildman–Crippen MR) is 75.9 cm³/mol. The summed E-state index contributed by atoms with van der Waals surface area (Å²) >= 11 is 0. The topological polar surface area (TPSA) is 64.1 Å². The number of nitrogens with zero attached hydrogens (tertiary/aromatic N) is 2. The van der Waals surface area contributed by atoms with Gasteiger partial charge in [0, 0.05) is 36.8 Å². The number of carbonyl (C=O) groups excluding carboxylic acids is 1. The molecule has 0 aromatic carbocycles. The summed E-state index contributed by atoms with van der Waals surface area (Å²) in [6, 6.07) is 7.35. The van der Waals surface area contributed by atoms with Gasteiger partial charge in [-0.3, -0.25) is 9.78 Å². The molecule has 0 aliphatic rings. The number of rotatable bonds is 5. The fraction of sp³-hybridized carbons (Fsp3) is 0.133. The maximum absolute atomic E-state index is 11.7. The van der Waals surface area contributed by atoms with Gasteiger partial charge < -0.3 is 10.1 Å². The van der Waals surface area contributed by atoms with Crippen LogP contribution in [-0.2, 0) is 11.3 Å². The fourth-order valence-corrected chi connectivity index (χ4v) is 1.63. The van der Waals surface area contributed by atoms with Crippen molar-refractivity contribution in [2.75, 3.05) is 7.11 Å². The molecular weight excluding hydrogens is 254 g/mol. The number of carbonyl (C=O) groups is 1. The van der Waals surface area contributed by atoms with Crippen molar-refractivity contribution >= 4 is 12.0 Å². The monoisotopic (exact) mass is 269 g/mol. The summed E-state index contributed by atoms with van der Waals surface area (Å²) < 4.78 is 5.12. The lowest BCUT2D eigenvalue weighted by molar-refractivity contribution is -0.116. The molecule has 5 nitrogen and oxygen atoms in total. The number of methoxy groups -OCH3 is 1. The average Bonchev–Trinajstić information content (AvgIpc) is 2.52. The van der Waals surface area contributed by atoms with Crippen LogP contribution in [0.3, 0.4) is 0 Å². The van der Waals surface area contributed by atoms with E-state index < -0.39 is 0 Å². The van der Waals surface area contributed by atoms with Crippen LogP contribution in [0.1, 0.15) is 11.1 Å². The normalized spacial score (nSPS) is 10.4. The van der Waals surface area contributed by atoms with E-state index in [2.05, 4.69) is 15.3 Å². The Morgan fingerprint density at radius 3 is 2.95 bits per heavy atom. The first-order chi connectivity index (χ1) is 9.79. The molecular formula is C15H15N3O2. The van der Waals surface area contributed by atoms with Gasteiger partial charge in [0.15, 0.2) is 0 Å². The molecule has 102 valence electrons. The van der Waals surface area contributed by atoms with E-state index in [1.165, 1.54) is 6.08 Å². The van der Waals surface area contributed by atoms with Crippen LogP contribution in [0.4, 0.5) is 0 Å². The van der Waals surface area contributed by atoms with Crippen LogP contribution >= 0.6 is 0 Å². The van der Waals surface area contributed by atoms with Gasteiger partial charge in [-0.2, -0.15) is 0 Å². The lowest BCUT2D eigenvalue weighted by atomic mass is 10.2. The largest absolute Gasteiger partial charge is 0.481 e. The Hall–Kier alpha value is -2.69. The summed E-state index contributed by atoms with van der Waals surface area (Å²) in [7, 11) is 1.55. The first-order valence-electron chi connectivity index (χ1n) is 6.13. The Morgan fingerprint density at radius 1 is 1.35 bits per heavy atom. The Bertz CT molecular complexity index is 597. The van der Waals surface area contributed by atoms with Crippen molar-refractivity contribution in [3.63, 3.8) is 0 Å². The maximum Gasteiger partial charge on any atom is 0.244 e. The van der Waals surface area contributed by atoms with Crippen molar-refractivity contribution < 1.29 is 9.53 Å². The number of amides is 1. The van der Waals surface area contributed by atoms with Crippen LogP contribution in [0.5, 0.6) is 5.88 Å². The van der Waals surface area contributed by atoms with Gasteiger partial charge in [0.05, 0.1) is 7.11 Å². The highest BCUT2D eigenvalue weighted by atomic mass is 16.5. The molecule has 0 atom stereocenters. The molecule has 1 amide bonds. The van der Waals surface area contributed by atoms with Crippen LogP contribution in [0, 0.1) is 0 Å². The second kappa shape index (κ2) is 7.04. The van der Waals surface area contributed by atoms with Crippen molar-refractivity contribution in [2.24, 2.45) is 0 Å². The molecule has 0 saturated heterocycles. The van der Waals surface area contributed by atoms with Gasteiger partial charge in [0.1, 0.15) is 0 Å². The highest BCUT2D eigenvalue weighted by molar-refractivity contribution is 5.91. The van der Waals surface area contributed by atoms with Crippen molar-refractivity contribution in [2.45, 2.75) is 6.54 Å². The molecule has 0 aliphatic carbocycles. The highest BCUT2D eigenvalue weighted by Crippen LogP contribution is 2.12. The van der Waals surface area contributed by atoms with Gasteiger partial charge in [0.25, 0.3) is 0 Å². The quantitative estimate of drug-likeness (QED) is 0.841. The van der Waals surface area contributed by atoms with Gasteiger partial charge in [-0.15, -0.1) is 0 Å². The molecule has 2 rings (SSSR count). The van der Waals surface area contributed by atoms with E-state index in [-0.39, 0.29) is 5.91 Å². The zero-order valence-corrected chi connectivity index (χ0v) is 11.1. The standard InChI is InChI=1S/C15H15N3O2/c1-20-15-13(5-3-9-17-15)11-18-14(19)7-6-12-4-2-8-16-10-12/h2-10H,11H2,1H3,(H,18,19). The number of hydrogen-bond donors (Lipinski definition) is 1. The summed E-state index contributed by atoms with van der Waals surface area (Å²) in [5.74, 6) is 0.337. The van der Waals surface area contributed by atoms with E-state index in [1.807, 2.05) is 18.2 Å². The van der Waals surface area contributed by atoms with Crippen LogP contribution in [-0.4, -0.2) is 23.0 Å². The number of ether oxygens (including phenoxy) is 1. The lowest BCUT2D eigenvalue weighted by Gasteiger charge is -2.06. The zero-order valence-electron chi connectivity index (χ0n) is 11.1. The van der Waals surface area contributed by atoms with Crippen LogP contribution in [0.15, 0.2) is 48.9 Å². The van der Waals surface area contributed by atoms with E-state index in [9.17, 15) is 4.79 Å². The molecule has 0 aliphatic heterocycles. The maximum atomic E-state index is 11.7. The summed E-state index contributed by atoms with van der Waals surface area (Å²) in [5, 5.41) is 2.78. The van der Waals surface area contributed by atoms with Crippen LogP contribution in [0.25, 0.3) is 6.08 Å².